The summed E-state index contributed by atoms with van der Waals surface area (Å²) >= 11 is 1.29. The first-order valence-corrected chi connectivity index (χ1v) is 41.3. The highest BCUT2D eigenvalue weighted by Gasteiger charge is 2.39. The van der Waals surface area contributed by atoms with Gasteiger partial charge in [-0.2, -0.15) is 0 Å². The molecular formula is C84H121N13O18S. The predicted molar refractivity (Wildman–Crippen MR) is 439 cm³/mol. The van der Waals surface area contributed by atoms with Crippen molar-refractivity contribution in [2.24, 2.45) is 29.4 Å². The van der Waals surface area contributed by atoms with Crippen LogP contribution >= 0.6 is 11.3 Å². The number of aromatic nitrogens is 1. The van der Waals surface area contributed by atoms with Gasteiger partial charge in [-0.25, -0.2) is 29.6 Å². The van der Waals surface area contributed by atoms with Gasteiger partial charge in [0.25, 0.3) is 5.91 Å². The highest BCUT2D eigenvalue weighted by molar-refractivity contribution is 7.09. The molecule has 2 heterocycles. The molecule has 0 spiro atoms. The summed E-state index contributed by atoms with van der Waals surface area (Å²) in [5.41, 5.74) is 16.1. The molecule has 636 valence electrons. The lowest BCUT2D eigenvalue weighted by Gasteiger charge is -2.40. The second-order valence-electron chi connectivity index (χ2n) is 30.0. The maximum absolute atomic E-state index is 14.9. The van der Waals surface area contributed by atoms with E-state index in [1.165, 1.54) is 23.5 Å². The van der Waals surface area contributed by atoms with Gasteiger partial charge in [0, 0.05) is 67.6 Å². The van der Waals surface area contributed by atoms with Crippen molar-refractivity contribution in [2.75, 3.05) is 98.0 Å². The smallest absolute Gasteiger partial charge is 0.426 e. The number of rotatable bonds is 48. The van der Waals surface area contributed by atoms with Crippen LogP contribution in [0, 0.1) is 23.7 Å². The van der Waals surface area contributed by atoms with Gasteiger partial charge in [-0.15, -0.1) is 11.3 Å². The number of hydrogen-bond acceptors (Lipinski definition) is 21. The van der Waals surface area contributed by atoms with Gasteiger partial charge >= 0.3 is 24.3 Å². The quantitative estimate of drug-likeness (QED) is 0.00980. The molecule has 1 aliphatic carbocycles. The predicted octanol–water partition coefficient (Wildman–Crippen LogP) is 9.52. The Hall–Kier alpha value is -9.99. The first-order chi connectivity index (χ1) is 55.8. The molecule has 5 aromatic rings. The number of aromatic hydroxyl groups is 1. The summed E-state index contributed by atoms with van der Waals surface area (Å²) in [6, 6.07) is 24.1. The molecule has 31 nitrogen and oxygen atoms in total. The van der Waals surface area contributed by atoms with Gasteiger partial charge in [0.1, 0.15) is 60.5 Å². The topological polar surface area (TPSA) is 409 Å². The summed E-state index contributed by atoms with van der Waals surface area (Å²) in [5, 5.41) is 31.9. The first-order valence-electron chi connectivity index (χ1n) is 40.5. The summed E-state index contributed by atoms with van der Waals surface area (Å²) in [7, 11) is 1.96. The molecule has 0 bridgehead atoms. The zero-order valence-corrected chi connectivity index (χ0v) is 69.5. The number of thiazole rings is 1. The van der Waals surface area contributed by atoms with Crippen molar-refractivity contribution in [3.63, 3.8) is 0 Å². The molecule has 1 aliphatic heterocycles. The Labute approximate surface area is 684 Å². The number of primary amides is 1. The van der Waals surface area contributed by atoms with Crippen molar-refractivity contribution in [3.8, 4) is 16.9 Å². The maximum atomic E-state index is 14.9. The second kappa shape index (κ2) is 49.2. The number of carbonyl (C=O) groups excluding carboxylic acids is 10. The Bertz CT molecular complexity index is 3900. The average molecular weight is 1630 g/mol. The second-order valence-corrected chi connectivity index (χ2v) is 30.9. The van der Waals surface area contributed by atoms with Crippen LogP contribution in [0.3, 0.4) is 0 Å². The highest BCUT2D eigenvalue weighted by atomic mass is 32.1. The van der Waals surface area contributed by atoms with Crippen LogP contribution < -0.4 is 53.8 Å². The van der Waals surface area contributed by atoms with Crippen LogP contribution in [0.15, 0.2) is 102 Å². The van der Waals surface area contributed by atoms with Gasteiger partial charge in [-0.1, -0.05) is 148 Å². The van der Waals surface area contributed by atoms with Crippen LogP contribution in [-0.4, -0.2) is 209 Å². The number of piperidine rings is 1. The van der Waals surface area contributed by atoms with Crippen LogP contribution in [0.2, 0.25) is 0 Å². The molecule has 32 heteroatoms. The summed E-state index contributed by atoms with van der Waals surface area (Å²) < 4.78 is 39.4. The number of phenolic OH excluding ortho intramolecular Hbond substituents is 1. The van der Waals surface area contributed by atoms with E-state index in [-0.39, 0.29) is 151 Å². The summed E-state index contributed by atoms with van der Waals surface area (Å²) in [6.07, 6.45) is 3.09. The van der Waals surface area contributed by atoms with E-state index in [4.69, 9.17) is 43.9 Å². The van der Waals surface area contributed by atoms with Gasteiger partial charge in [0.05, 0.1) is 45.7 Å². The van der Waals surface area contributed by atoms with E-state index in [1.54, 1.807) is 62.5 Å². The number of nitrogens with one attached hydrogen (secondary N) is 9. The third-order valence-electron chi connectivity index (χ3n) is 20.4. The number of anilines is 1. The van der Waals surface area contributed by atoms with Crippen LogP contribution in [0.5, 0.6) is 5.75 Å². The van der Waals surface area contributed by atoms with Gasteiger partial charge in [0.15, 0.2) is 0 Å². The van der Waals surface area contributed by atoms with Crippen molar-refractivity contribution in [1.29, 1.82) is 0 Å². The molecule has 2 aliphatic rings. The van der Waals surface area contributed by atoms with Crippen molar-refractivity contribution < 1.29 is 86.2 Å². The number of benzene rings is 4. The number of hydrazine groups is 1. The standard InChI is InChI=1S/C84H121N13O18S/c1-11-37-97(80(104)73(55(8)13-3)92-77(102)69-26-18-19-38-96(69)10)70(53(4)5)49-71(112-39-12-2)79-91-68(52-116-79)76(101)89-60(48-57-29-33-61(98)34-30-57)47-56(9)74(99)94-95-84(108)113-46-45-111-44-43-110-42-41-109-40-36-87-82(106)114-50-58-27-31-59(32-28-58)88-75(100)67(25-20-35-86-81(85)105)90-78(103)72(54(6)7)93-83(107)115-51-66-64-23-16-14-21-62(64)63-22-15-17-24-65(63)66/h14-17,21-24,27-34,52-56,60,66-67,69-73,98H,11-13,18-20,25-26,35-51H2,1-10H3,(H,87,106)(H,88,100)(H,89,101)(H,90,103)(H,92,102)(H,93,107)(H,94,99)(H,95,108)(H3,85,86,105). The Morgan fingerprint density at radius 2 is 1.29 bits per heavy atom. The van der Waals surface area contributed by atoms with Gasteiger partial charge in [-0.05, 0) is 140 Å². The number of likely N-dealkylation sites (N-methyl/N-ethyl adjacent to an activating group) is 1. The Balaban J connectivity index is 0.761. The fourth-order valence-corrected chi connectivity index (χ4v) is 14.7. The Morgan fingerprint density at radius 3 is 1.92 bits per heavy atom. The number of carbonyl (C=O) groups is 10. The minimum absolute atomic E-state index is 0.00559. The van der Waals surface area contributed by atoms with E-state index >= 15 is 0 Å². The number of hydrogen-bond donors (Lipinski definition) is 11. The lowest BCUT2D eigenvalue weighted by molar-refractivity contribution is -0.143. The fourth-order valence-electron chi connectivity index (χ4n) is 13.8. The zero-order chi connectivity index (χ0) is 84.1. The molecule has 12 N–H and O–H groups in total. The van der Waals surface area contributed by atoms with E-state index < -0.39 is 90.0 Å². The monoisotopic (exact) mass is 1630 g/mol. The minimum Gasteiger partial charge on any atom is -0.508 e. The van der Waals surface area contributed by atoms with E-state index in [9.17, 15) is 53.1 Å². The van der Waals surface area contributed by atoms with Crippen LogP contribution in [0.25, 0.3) is 11.1 Å². The van der Waals surface area contributed by atoms with Gasteiger partial charge in [0.2, 0.25) is 29.5 Å². The molecule has 4 aromatic carbocycles. The first kappa shape index (κ1) is 93.2. The average Bonchev–Trinajstić information content (AvgIpc) is 1.61. The van der Waals surface area contributed by atoms with E-state index in [0.717, 1.165) is 60.0 Å². The molecule has 0 radical (unpaired) electrons. The third-order valence-corrected chi connectivity index (χ3v) is 21.3. The molecule has 11 amide bonds. The summed E-state index contributed by atoms with van der Waals surface area (Å²) in [6.45, 7) is 20.2. The molecule has 1 aromatic heterocycles. The van der Waals surface area contributed by atoms with E-state index in [0.29, 0.717) is 48.7 Å². The SMILES string of the molecule is CCCOC(CC(C(C)C)N(CCC)C(=O)C(NC(=O)C1CCCCN1C)C(C)CC)c1nc(C(=O)NC(Cc2ccc(O)cc2)CC(C)C(=O)NNC(=O)OCCOCCOCCOCCNC(=O)OCc2ccc(NC(=O)C(CCCNC(N)=O)NC(=O)C(NC(=O)OCC3c4ccccc4-c4ccccc43)C(C)C)cc2)cs1. The molecule has 1 saturated heterocycles. The van der Waals surface area contributed by atoms with Crippen LogP contribution in [0.4, 0.5) is 24.9 Å². The van der Waals surface area contributed by atoms with Gasteiger partial charge in [-0.3, -0.25) is 39.1 Å². The number of nitrogens with zero attached hydrogens (tertiary/aromatic N) is 3. The lowest BCUT2D eigenvalue weighted by Crippen LogP contribution is -2.58. The molecule has 9 atom stereocenters. The third kappa shape index (κ3) is 30.2. The number of nitrogens with two attached hydrogens (primary N) is 1. The van der Waals surface area contributed by atoms with Crippen molar-refractivity contribution in [3.05, 3.63) is 135 Å². The molecule has 0 saturated carbocycles. The number of likely N-dealkylation sites (tertiary alicyclic amines) is 1. The number of phenols is 1. The minimum atomic E-state index is -1.09. The number of ether oxygens (including phenoxy) is 7. The summed E-state index contributed by atoms with van der Waals surface area (Å²) in [5.74, 6) is -3.82. The van der Waals surface area contributed by atoms with Crippen molar-refractivity contribution >= 4 is 76.8 Å². The van der Waals surface area contributed by atoms with Crippen LogP contribution in [-0.2, 0) is 70.2 Å². The van der Waals surface area contributed by atoms with Gasteiger partial charge < -0.3 is 86.1 Å². The normalized spacial score (nSPS) is 15.3. The Kier molecular flexibility index (Phi) is 39.5. The molecule has 7 rings (SSSR count). The largest absolute Gasteiger partial charge is 0.508 e. The van der Waals surface area contributed by atoms with E-state index in [1.807, 2.05) is 88.2 Å². The number of alkyl carbamates (subject to hydrolysis) is 2. The highest BCUT2D eigenvalue weighted by Crippen LogP contribution is 2.45. The summed E-state index contributed by atoms with van der Waals surface area (Å²) in [4.78, 5) is 142. The maximum Gasteiger partial charge on any atom is 0.426 e. The zero-order valence-electron chi connectivity index (χ0n) is 68.6. The number of amides is 11. The van der Waals surface area contributed by atoms with Crippen molar-refractivity contribution in [1.82, 2.24) is 57.5 Å². The molecular weight excluding hydrogens is 1510 g/mol. The molecule has 9 unspecified atom stereocenters. The van der Waals surface area contributed by atoms with Crippen molar-refractivity contribution in [2.45, 2.75) is 188 Å². The fraction of sp³-hybridized carbons (Fsp3) is 0.560. The molecule has 116 heavy (non-hydrogen) atoms. The van der Waals surface area contributed by atoms with E-state index in [2.05, 4.69) is 66.8 Å². The number of urea groups is 1. The Morgan fingerprint density at radius 1 is 0.638 bits per heavy atom. The van der Waals surface area contributed by atoms with Crippen LogP contribution in [0.1, 0.15) is 176 Å². The lowest BCUT2D eigenvalue weighted by atomic mass is 9.92. The molecule has 1 fully saturated rings. The number of fused-ring (bicyclic) bond motifs is 3.